The van der Waals surface area contributed by atoms with Gasteiger partial charge in [-0.05, 0) is 49.8 Å². The van der Waals surface area contributed by atoms with Crippen LogP contribution in [0.25, 0.3) is 0 Å². The van der Waals surface area contributed by atoms with Crippen LogP contribution in [0.2, 0.25) is 0 Å². The number of hydrogen-bond donors (Lipinski definition) is 2. The lowest BCUT2D eigenvalue weighted by atomic mass is 10.2. The topological polar surface area (TPSA) is 87.7 Å². The van der Waals surface area contributed by atoms with Gasteiger partial charge >= 0.3 is 6.36 Å². The number of rotatable bonds is 10. The highest BCUT2D eigenvalue weighted by Gasteiger charge is 2.31. The molecule has 2 N–H and O–H groups in total. The molecule has 1 aromatic heterocycles. The Morgan fingerprint density at radius 3 is 2.40 bits per heavy atom. The van der Waals surface area contributed by atoms with Gasteiger partial charge in [-0.3, -0.25) is 4.79 Å². The van der Waals surface area contributed by atoms with Crippen molar-refractivity contribution in [3.63, 3.8) is 0 Å². The smallest absolute Gasteiger partial charge is 0.406 e. The summed E-state index contributed by atoms with van der Waals surface area (Å²) in [4.78, 5) is 14.9. The van der Waals surface area contributed by atoms with Gasteiger partial charge < -0.3 is 15.0 Å². The maximum absolute atomic E-state index is 12.2. The summed E-state index contributed by atoms with van der Waals surface area (Å²) in [5.74, 6) is -0.850. The van der Waals surface area contributed by atoms with Gasteiger partial charge in [0.15, 0.2) is 0 Å². The first-order valence-corrected chi connectivity index (χ1v) is 11.2. The molecule has 1 aromatic carbocycles. The van der Waals surface area contributed by atoms with Crippen LogP contribution in [-0.2, 0) is 14.8 Å². The zero-order valence-corrected chi connectivity index (χ0v) is 17.9. The number of alkyl halides is 3. The van der Waals surface area contributed by atoms with Crippen molar-refractivity contribution in [2.24, 2.45) is 0 Å². The molecule has 2 aromatic rings. The van der Waals surface area contributed by atoms with E-state index in [1.165, 1.54) is 0 Å². The predicted octanol–water partition coefficient (Wildman–Crippen LogP) is 2.73. The van der Waals surface area contributed by atoms with Crippen molar-refractivity contribution in [3.8, 4) is 5.75 Å². The fourth-order valence-corrected chi connectivity index (χ4v) is 4.47. The summed E-state index contributed by atoms with van der Waals surface area (Å²) >= 11 is 1.58. The van der Waals surface area contributed by atoms with Gasteiger partial charge in [0.1, 0.15) is 5.75 Å². The fourth-order valence-electron chi connectivity index (χ4n) is 2.52. The molecule has 0 bridgehead atoms. The van der Waals surface area contributed by atoms with Crippen LogP contribution in [0, 0.1) is 0 Å². The van der Waals surface area contributed by atoms with E-state index >= 15 is 0 Å². The fraction of sp³-hybridized carbons (Fsp3) is 0.389. The van der Waals surface area contributed by atoms with Crippen molar-refractivity contribution >= 4 is 27.3 Å². The molecule has 1 unspecified atom stereocenters. The highest BCUT2D eigenvalue weighted by molar-refractivity contribution is 7.89. The molecule has 0 fully saturated rings. The second-order valence-corrected chi connectivity index (χ2v) is 9.21. The first-order chi connectivity index (χ1) is 14.0. The van der Waals surface area contributed by atoms with Crippen LogP contribution in [0.3, 0.4) is 0 Å². The quantitative estimate of drug-likeness (QED) is 0.564. The minimum atomic E-state index is -4.86. The standard InChI is InChI=1S/C18H22F3N3O4S2/c1-24(2)15(16-4-3-11-29-16)12-22-17(25)9-10-23-30(26,27)14-7-5-13(6-8-14)28-18(19,20)21/h3-8,11,15,23H,9-10,12H2,1-2H3,(H,22,25). The number of benzene rings is 1. The number of sulfonamides is 1. The Kier molecular flexibility index (Phi) is 8.24. The van der Waals surface area contributed by atoms with E-state index in [-0.39, 0.29) is 29.8 Å². The molecule has 1 heterocycles. The van der Waals surface area contributed by atoms with Gasteiger partial charge in [0.2, 0.25) is 15.9 Å². The Morgan fingerprint density at radius 1 is 1.20 bits per heavy atom. The van der Waals surface area contributed by atoms with Crippen LogP contribution in [0.4, 0.5) is 13.2 Å². The van der Waals surface area contributed by atoms with Crippen molar-refractivity contribution in [1.29, 1.82) is 0 Å². The number of nitrogens with zero attached hydrogens (tertiary/aromatic N) is 1. The van der Waals surface area contributed by atoms with Crippen molar-refractivity contribution in [3.05, 3.63) is 46.7 Å². The molecule has 12 heteroatoms. The number of ether oxygens (including phenoxy) is 1. The SMILES string of the molecule is CN(C)C(CNC(=O)CCNS(=O)(=O)c1ccc(OC(F)(F)F)cc1)c1cccs1. The van der Waals surface area contributed by atoms with Crippen LogP contribution in [0.15, 0.2) is 46.7 Å². The van der Waals surface area contributed by atoms with E-state index in [4.69, 9.17) is 0 Å². The molecule has 1 atom stereocenters. The normalized spacial score (nSPS) is 13.3. The minimum Gasteiger partial charge on any atom is -0.406 e. The maximum Gasteiger partial charge on any atom is 0.573 e. The third kappa shape index (κ3) is 7.59. The highest BCUT2D eigenvalue weighted by atomic mass is 32.2. The number of hydrogen-bond acceptors (Lipinski definition) is 6. The van der Waals surface area contributed by atoms with Crippen LogP contribution >= 0.6 is 11.3 Å². The molecule has 0 aliphatic rings. The van der Waals surface area contributed by atoms with Crippen molar-refractivity contribution in [2.75, 3.05) is 27.2 Å². The summed E-state index contributed by atoms with van der Waals surface area (Å²) in [6, 6.07) is 7.69. The first kappa shape index (κ1) is 24.1. The summed E-state index contributed by atoms with van der Waals surface area (Å²) < 4.78 is 66.9. The van der Waals surface area contributed by atoms with Gasteiger partial charge in [-0.1, -0.05) is 6.07 Å². The monoisotopic (exact) mass is 465 g/mol. The number of thiophene rings is 1. The van der Waals surface area contributed by atoms with E-state index in [0.717, 1.165) is 29.1 Å². The second kappa shape index (κ2) is 10.2. The van der Waals surface area contributed by atoms with Gasteiger partial charge in [-0.2, -0.15) is 0 Å². The lowest BCUT2D eigenvalue weighted by molar-refractivity contribution is -0.274. The third-order valence-corrected chi connectivity index (χ3v) is 6.45. The van der Waals surface area contributed by atoms with Gasteiger partial charge in [-0.15, -0.1) is 24.5 Å². The summed E-state index contributed by atoms with van der Waals surface area (Å²) in [6.45, 7) is 0.223. The molecule has 2 rings (SSSR count). The molecule has 0 aliphatic heterocycles. The lowest BCUT2D eigenvalue weighted by Crippen LogP contribution is -2.36. The van der Waals surface area contributed by atoms with E-state index in [1.807, 2.05) is 36.5 Å². The van der Waals surface area contributed by atoms with Crippen molar-refractivity contribution in [2.45, 2.75) is 23.7 Å². The van der Waals surface area contributed by atoms with E-state index in [1.54, 1.807) is 11.3 Å². The van der Waals surface area contributed by atoms with Gasteiger partial charge in [0.05, 0.1) is 10.9 Å². The second-order valence-electron chi connectivity index (χ2n) is 6.47. The summed E-state index contributed by atoms with van der Waals surface area (Å²) in [5.41, 5.74) is 0. The summed E-state index contributed by atoms with van der Waals surface area (Å²) in [6.07, 6.45) is -4.94. The molecule has 1 amide bonds. The van der Waals surface area contributed by atoms with E-state index in [9.17, 15) is 26.4 Å². The van der Waals surface area contributed by atoms with Crippen LogP contribution in [-0.4, -0.2) is 52.8 Å². The third-order valence-electron chi connectivity index (χ3n) is 4.00. The number of amides is 1. The molecule has 0 spiro atoms. The van der Waals surface area contributed by atoms with Crippen molar-refractivity contribution in [1.82, 2.24) is 14.9 Å². The molecule has 30 heavy (non-hydrogen) atoms. The highest BCUT2D eigenvalue weighted by Crippen LogP contribution is 2.24. The molecule has 0 saturated heterocycles. The maximum atomic E-state index is 12.2. The number of carbonyl (C=O) groups excluding carboxylic acids is 1. The average Bonchev–Trinajstić information content (AvgIpc) is 3.15. The Balaban J connectivity index is 1.82. The number of halogens is 3. The number of likely N-dealkylation sites (N-methyl/N-ethyl adjacent to an activating group) is 1. The molecular formula is C18H22F3N3O4S2. The van der Waals surface area contributed by atoms with Gasteiger partial charge in [0, 0.05) is 24.4 Å². The Morgan fingerprint density at radius 2 is 1.87 bits per heavy atom. The minimum absolute atomic E-state index is 0.00285. The zero-order valence-electron chi connectivity index (χ0n) is 16.3. The first-order valence-electron chi connectivity index (χ1n) is 8.80. The van der Waals surface area contributed by atoms with Crippen molar-refractivity contribution < 1.29 is 31.1 Å². The molecular weight excluding hydrogens is 443 g/mol. The molecule has 0 saturated carbocycles. The molecule has 7 nitrogen and oxygen atoms in total. The van der Waals surface area contributed by atoms with E-state index in [0.29, 0.717) is 6.54 Å². The average molecular weight is 466 g/mol. The number of nitrogens with one attached hydrogen (secondary N) is 2. The summed E-state index contributed by atoms with van der Waals surface area (Å²) in [7, 11) is -0.173. The largest absolute Gasteiger partial charge is 0.573 e. The molecule has 0 aliphatic carbocycles. The van der Waals surface area contributed by atoms with Crippen LogP contribution in [0.5, 0.6) is 5.75 Å². The Hall–Kier alpha value is -2.15. The Labute approximate surface area is 176 Å². The molecule has 166 valence electrons. The zero-order chi connectivity index (χ0) is 22.4. The molecule has 0 radical (unpaired) electrons. The van der Waals surface area contributed by atoms with E-state index < -0.39 is 22.1 Å². The predicted molar refractivity (Wildman–Crippen MR) is 107 cm³/mol. The van der Waals surface area contributed by atoms with E-state index in [2.05, 4.69) is 14.8 Å². The number of carbonyl (C=O) groups is 1. The van der Waals surface area contributed by atoms with Crippen LogP contribution < -0.4 is 14.8 Å². The van der Waals surface area contributed by atoms with Gasteiger partial charge in [0.25, 0.3) is 0 Å². The van der Waals surface area contributed by atoms with Crippen LogP contribution in [0.1, 0.15) is 17.3 Å². The summed E-state index contributed by atoms with van der Waals surface area (Å²) in [5, 5.41) is 4.72. The van der Waals surface area contributed by atoms with Gasteiger partial charge in [-0.25, -0.2) is 13.1 Å². The Bertz CT molecular complexity index is 915. The lowest BCUT2D eigenvalue weighted by Gasteiger charge is -2.23.